The number of phenols is 1. The number of hydrogen-bond acceptors (Lipinski definition) is 6. The van der Waals surface area contributed by atoms with Crippen LogP contribution in [0.3, 0.4) is 0 Å². The molecule has 1 aliphatic rings. The Bertz CT molecular complexity index is 934. The van der Waals surface area contributed by atoms with Crippen molar-refractivity contribution in [2.45, 2.75) is 0 Å². The van der Waals surface area contributed by atoms with Gasteiger partial charge in [-0.15, -0.1) is 12.4 Å². The number of anilines is 1. The summed E-state index contributed by atoms with van der Waals surface area (Å²) in [5, 5.41) is 15.4. The molecule has 0 aromatic heterocycles. The van der Waals surface area contributed by atoms with E-state index in [1.807, 2.05) is 0 Å². The molecule has 3 rings (SSSR count). The molecule has 10 heteroatoms. The van der Waals surface area contributed by atoms with Gasteiger partial charge < -0.3 is 10.4 Å². The molecule has 3 amide bonds. The molecule has 8 nitrogen and oxygen atoms in total. The van der Waals surface area contributed by atoms with E-state index in [1.165, 1.54) is 29.2 Å². The van der Waals surface area contributed by atoms with Crippen LogP contribution in [0.4, 0.5) is 5.69 Å². The molecule has 0 spiro atoms. The van der Waals surface area contributed by atoms with Gasteiger partial charge >= 0.3 is 0 Å². The molecule has 1 aliphatic heterocycles. The zero-order chi connectivity index (χ0) is 19.4. The number of carbonyl (C=O) groups is 3. The number of amides is 3. The van der Waals surface area contributed by atoms with Crippen LogP contribution in [-0.4, -0.2) is 34.2 Å². The van der Waals surface area contributed by atoms with Crippen molar-refractivity contribution in [2.24, 2.45) is 11.0 Å². The van der Waals surface area contributed by atoms with Crippen LogP contribution in [0.1, 0.15) is 10.4 Å². The Labute approximate surface area is 171 Å². The van der Waals surface area contributed by atoms with Crippen LogP contribution < -0.4 is 15.6 Å². The van der Waals surface area contributed by atoms with Crippen molar-refractivity contribution >= 4 is 59.4 Å². The SMILES string of the molecule is Cl.O=C(N/N=C\C1C(=O)NC(=S)N(c2ccccc2)C1=O)c1ccc(O)cc1. The molecule has 0 aliphatic carbocycles. The average Bonchev–Trinajstić information content (AvgIpc) is 2.65. The van der Waals surface area contributed by atoms with Crippen molar-refractivity contribution < 1.29 is 19.5 Å². The van der Waals surface area contributed by atoms with Gasteiger partial charge in [-0.1, -0.05) is 18.2 Å². The fourth-order valence-corrected chi connectivity index (χ4v) is 2.69. The van der Waals surface area contributed by atoms with E-state index in [-0.39, 0.29) is 28.8 Å². The number of nitrogens with one attached hydrogen (secondary N) is 2. The number of hydrazone groups is 1. The maximum Gasteiger partial charge on any atom is 0.271 e. The number of rotatable bonds is 4. The number of halogens is 1. The maximum atomic E-state index is 12.7. The first-order valence-electron chi connectivity index (χ1n) is 7.84. The van der Waals surface area contributed by atoms with Crippen LogP contribution in [0, 0.1) is 5.92 Å². The number of benzene rings is 2. The standard InChI is InChI=1S/C18H14N4O4S.ClH/c23-13-8-6-11(7-9-13)15(24)21-19-10-14-16(25)20-18(27)22(17(14)26)12-4-2-1-3-5-12;/h1-10,14,23H,(H,21,24)(H,20,25,27);1H/b19-10-;. The third kappa shape index (κ3) is 4.51. The second kappa shape index (κ2) is 9.07. The third-order valence-electron chi connectivity index (χ3n) is 3.74. The highest BCUT2D eigenvalue weighted by Crippen LogP contribution is 2.19. The molecule has 2 aromatic rings. The predicted octanol–water partition coefficient (Wildman–Crippen LogP) is 1.59. The number of para-hydroxylation sites is 1. The maximum absolute atomic E-state index is 12.7. The molecular formula is C18H15ClN4O4S. The minimum absolute atomic E-state index is 0. The molecule has 0 bridgehead atoms. The number of aromatic hydroxyl groups is 1. The highest BCUT2D eigenvalue weighted by Gasteiger charge is 2.38. The normalized spacial score (nSPS) is 16.5. The minimum Gasteiger partial charge on any atom is -0.508 e. The van der Waals surface area contributed by atoms with Crippen molar-refractivity contribution in [1.82, 2.24) is 10.7 Å². The molecule has 1 atom stereocenters. The van der Waals surface area contributed by atoms with E-state index in [4.69, 9.17) is 12.2 Å². The van der Waals surface area contributed by atoms with Gasteiger partial charge in [-0.2, -0.15) is 5.10 Å². The van der Waals surface area contributed by atoms with Gasteiger partial charge in [0, 0.05) is 11.8 Å². The van der Waals surface area contributed by atoms with Crippen molar-refractivity contribution in [2.75, 3.05) is 4.90 Å². The van der Waals surface area contributed by atoms with Crippen LogP contribution in [0.25, 0.3) is 0 Å². The largest absolute Gasteiger partial charge is 0.508 e. The minimum atomic E-state index is -1.24. The molecule has 0 saturated carbocycles. The Morgan fingerprint density at radius 3 is 2.43 bits per heavy atom. The zero-order valence-electron chi connectivity index (χ0n) is 14.2. The molecule has 0 radical (unpaired) electrons. The molecule has 3 N–H and O–H groups in total. The lowest BCUT2D eigenvalue weighted by atomic mass is 10.1. The number of carbonyl (C=O) groups excluding carboxylic acids is 3. The lowest BCUT2D eigenvalue weighted by Gasteiger charge is -2.30. The topological polar surface area (TPSA) is 111 Å². The van der Waals surface area contributed by atoms with Gasteiger partial charge in [-0.25, -0.2) is 5.43 Å². The zero-order valence-corrected chi connectivity index (χ0v) is 15.9. The lowest BCUT2D eigenvalue weighted by molar-refractivity contribution is -0.130. The van der Waals surface area contributed by atoms with E-state index in [0.29, 0.717) is 5.69 Å². The first-order valence-corrected chi connectivity index (χ1v) is 8.24. The summed E-state index contributed by atoms with van der Waals surface area (Å²) in [6, 6.07) is 14.2. The molecule has 144 valence electrons. The fourth-order valence-electron chi connectivity index (χ4n) is 2.39. The molecule has 1 heterocycles. The monoisotopic (exact) mass is 418 g/mol. The Morgan fingerprint density at radius 1 is 1.14 bits per heavy atom. The Kier molecular flexibility index (Phi) is 6.80. The highest BCUT2D eigenvalue weighted by molar-refractivity contribution is 7.80. The number of nitrogens with zero attached hydrogens (tertiary/aromatic N) is 2. The van der Waals surface area contributed by atoms with Crippen LogP contribution in [0.2, 0.25) is 0 Å². The van der Waals surface area contributed by atoms with E-state index >= 15 is 0 Å². The summed E-state index contributed by atoms with van der Waals surface area (Å²) >= 11 is 5.08. The summed E-state index contributed by atoms with van der Waals surface area (Å²) in [5.74, 6) is -2.96. The van der Waals surface area contributed by atoms with Gasteiger partial charge in [-0.05, 0) is 48.6 Å². The quantitative estimate of drug-likeness (QED) is 0.302. The van der Waals surface area contributed by atoms with Crippen LogP contribution in [0.15, 0.2) is 59.7 Å². The summed E-state index contributed by atoms with van der Waals surface area (Å²) in [7, 11) is 0. The Balaban J connectivity index is 0.00000280. The average molecular weight is 419 g/mol. The molecule has 1 fully saturated rings. The van der Waals surface area contributed by atoms with Gasteiger partial charge in [0.2, 0.25) is 5.91 Å². The summed E-state index contributed by atoms with van der Waals surface area (Å²) in [6.07, 6.45) is 1.05. The van der Waals surface area contributed by atoms with Crippen LogP contribution in [-0.2, 0) is 9.59 Å². The third-order valence-corrected chi connectivity index (χ3v) is 4.02. The second-order valence-electron chi connectivity index (χ2n) is 5.55. The van der Waals surface area contributed by atoms with Crippen LogP contribution >= 0.6 is 24.6 Å². The van der Waals surface area contributed by atoms with E-state index in [2.05, 4.69) is 15.8 Å². The molecule has 1 unspecified atom stereocenters. The predicted molar refractivity (Wildman–Crippen MR) is 109 cm³/mol. The van der Waals surface area contributed by atoms with Gasteiger partial charge in [0.15, 0.2) is 11.0 Å². The van der Waals surface area contributed by atoms with Crippen molar-refractivity contribution in [3.05, 3.63) is 60.2 Å². The van der Waals surface area contributed by atoms with Gasteiger partial charge in [0.05, 0.1) is 5.69 Å². The smallest absolute Gasteiger partial charge is 0.271 e. The van der Waals surface area contributed by atoms with E-state index in [1.54, 1.807) is 30.3 Å². The second-order valence-corrected chi connectivity index (χ2v) is 5.93. The van der Waals surface area contributed by atoms with E-state index in [0.717, 1.165) is 6.21 Å². The van der Waals surface area contributed by atoms with Gasteiger partial charge in [0.1, 0.15) is 5.75 Å². The number of hydrogen-bond donors (Lipinski definition) is 3. The molecule has 1 saturated heterocycles. The lowest BCUT2D eigenvalue weighted by Crippen LogP contribution is -2.58. The van der Waals surface area contributed by atoms with Crippen LogP contribution in [0.5, 0.6) is 5.75 Å². The molecular weight excluding hydrogens is 404 g/mol. The van der Waals surface area contributed by atoms with E-state index in [9.17, 15) is 19.5 Å². The summed E-state index contributed by atoms with van der Waals surface area (Å²) in [4.78, 5) is 38.0. The summed E-state index contributed by atoms with van der Waals surface area (Å²) in [5.41, 5.74) is 3.01. The van der Waals surface area contributed by atoms with Crippen molar-refractivity contribution in [3.63, 3.8) is 0 Å². The fraction of sp³-hybridized carbons (Fsp3) is 0.0556. The first kappa shape index (κ1) is 21.0. The first-order chi connectivity index (χ1) is 13.0. The van der Waals surface area contributed by atoms with Crippen molar-refractivity contribution in [3.8, 4) is 5.75 Å². The summed E-state index contributed by atoms with van der Waals surface area (Å²) < 4.78 is 0. The Hall–Kier alpha value is -3.30. The summed E-state index contributed by atoms with van der Waals surface area (Å²) in [6.45, 7) is 0. The molecule has 2 aromatic carbocycles. The highest BCUT2D eigenvalue weighted by atomic mass is 35.5. The molecule has 28 heavy (non-hydrogen) atoms. The van der Waals surface area contributed by atoms with Crippen molar-refractivity contribution in [1.29, 1.82) is 0 Å². The van der Waals surface area contributed by atoms with Gasteiger partial charge in [-0.3, -0.25) is 19.3 Å². The van der Waals surface area contributed by atoms with Gasteiger partial charge in [0.25, 0.3) is 11.8 Å². The number of thiocarbonyl (C=S) groups is 1. The van der Waals surface area contributed by atoms with E-state index < -0.39 is 23.6 Å². The number of phenolic OH excluding ortho intramolecular Hbond substituents is 1. The Morgan fingerprint density at radius 2 is 1.79 bits per heavy atom.